The van der Waals surface area contributed by atoms with Crippen LogP contribution in [-0.4, -0.2) is 14.7 Å². The zero-order valence-corrected chi connectivity index (χ0v) is 11.3. The number of sulfone groups is 1. The van der Waals surface area contributed by atoms with Crippen LogP contribution in [0.2, 0.25) is 5.02 Å². The Balaban J connectivity index is 2.51. The molecule has 0 atom stereocenters. The summed E-state index contributed by atoms with van der Waals surface area (Å²) in [5.74, 6) is 0. The minimum absolute atomic E-state index is 0.220. The first-order valence-corrected chi connectivity index (χ1v) is 7.50. The smallest absolute Gasteiger partial charge is 0.175 e. The lowest BCUT2D eigenvalue weighted by Crippen LogP contribution is -1.99. The molecule has 0 radical (unpaired) electrons. The van der Waals surface area contributed by atoms with Crippen LogP contribution in [0.15, 0.2) is 47.4 Å². The molecule has 0 aromatic heterocycles. The number of hydrogen-bond acceptors (Lipinski definition) is 3. The van der Waals surface area contributed by atoms with Gasteiger partial charge in [0.1, 0.15) is 0 Å². The summed E-state index contributed by atoms with van der Waals surface area (Å²) in [5.41, 5.74) is 8.01. The molecule has 0 aliphatic rings. The summed E-state index contributed by atoms with van der Waals surface area (Å²) in [6.07, 6.45) is 1.16. The lowest BCUT2D eigenvalue weighted by Gasteiger charge is -2.08. The SMILES string of the molecule is CS(=O)(=O)c1ccc(-c2ccc(Cl)cc2)c(N)c1. The molecule has 2 aromatic rings. The van der Waals surface area contributed by atoms with Crippen molar-refractivity contribution in [3.63, 3.8) is 0 Å². The van der Waals surface area contributed by atoms with Gasteiger partial charge in [-0.1, -0.05) is 29.8 Å². The van der Waals surface area contributed by atoms with Crippen LogP contribution >= 0.6 is 11.6 Å². The molecule has 2 aromatic carbocycles. The van der Waals surface area contributed by atoms with Crippen LogP contribution in [0.5, 0.6) is 0 Å². The summed E-state index contributed by atoms with van der Waals surface area (Å²) in [4.78, 5) is 0.220. The molecule has 3 nitrogen and oxygen atoms in total. The van der Waals surface area contributed by atoms with Gasteiger partial charge < -0.3 is 5.73 Å². The van der Waals surface area contributed by atoms with Crippen molar-refractivity contribution in [2.45, 2.75) is 4.90 Å². The largest absolute Gasteiger partial charge is 0.398 e. The number of nitrogen functional groups attached to an aromatic ring is 1. The van der Waals surface area contributed by atoms with Crippen molar-refractivity contribution in [1.29, 1.82) is 0 Å². The number of anilines is 1. The summed E-state index contributed by atoms with van der Waals surface area (Å²) in [6.45, 7) is 0. The van der Waals surface area contributed by atoms with Gasteiger partial charge in [-0.2, -0.15) is 0 Å². The predicted molar refractivity (Wildman–Crippen MR) is 74.4 cm³/mol. The molecule has 2 rings (SSSR count). The van der Waals surface area contributed by atoms with Crippen molar-refractivity contribution >= 4 is 27.1 Å². The molecule has 0 saturated carbocycles. The normalized spacial score (nSPS) is 11.4. The van der Waals surface area contributed by atoms with Crippen molar-refractivity contribution in [3.8, 4) is 11.1 Å². The minimum atomic E-state index is -3.23. The fourth-order valence-electron chi connectivity index (χ4n) is 1.66. The molecule has 0 fully saturated rings. The molecule has 0 aliphatic heterocycles. The van der Waals surface area contributed by atoms with Gasteiger partial charge in [0.2, 0.25) is 0 Å². The van der Waals surface area contributed by atoms with Gasteiger partial charge in [0.15, 0.2) is 9.84 Å². The van der Waals surface area contributed by atoms with E-state index in [-0.39, 0.29) is 4.90 Å². The molecule has 0 bridgehead atoms. The molecule has 0 heterocycles. The lowest BCUT2D eigenvalue weighted by atomic mass is 10.0. The zero-order valence-electron chi connectivity index (χ0n) is 9.72. The Morgan fingerprint density at radius 2 is 1.67 bits per heavy atom. The lowest BCUT2D eigenvalue weighted by molar-refractivity contribution is 0.602. The maximum absolute atomic E-state index is 11.4. The minimum Gasteiger partial charge on any atom is -0.398 e. The quantitative estimate of drug-likeness (QED) is 0.861. The standard InChI is InChI=1S/C13H12ClNO2S/c1-18(16,17)11-6-7-12(13(15)8-11)9-2-4-10(14)5-3-9/h2-8H,15H2,1H3. The third kappa shape index (κ3) is 2.66. The molecular formula is C13H12ClNO2S. The second kappa shape index (κ2) is 4.63. The van der Waals surface area contributed by atoms with Crippen molar-refractivity contribution in [3.05, 3.63) is 47.5 Å². The summed E-state index contributed by atoms with van der Waals surface area (Å²) >= 11 is 5.81. The molecule has 0 unspecified atom stereocenters. The molecule has 5 heteroatoms. The fraction of sp³-hybridized carbons (Fsp3) is 0.0769. The van der Waals surface area contributed by atoms with Crippen LogP contribution in [0.3, 0.4) is 0 Å². The Morgan fingerprint density at radius 3 is 2.17 bits per heavy atom. The number of halogens is 1. The van der Waals surface area contributed by atoms with E-state index in [9.17, 15) is 8.42 Å². The summed E-state index contributed by atoms with van der Waals surface area (Å²) in [5, 5.41) is 0.644. The second-order valence-electron chi connectivity index (χ2n) is 4.03. The molecule has 0 spiro atoms. The Morgan fingerprint density at radius 1 is 1.06 bits per heavy atom. The molecular weight excluding hydrogens is 270 g/mol. The number of benzene rings is 2. The van der Waals surface area contributed by atoms with Crippen LogP contribution in [0.25, 0.3) is 11.1 Å². The van der Waals surface area contributed by atoms with Gasteiger partial charge in [0.05, 0.1) is 4.90 Å². The Bertz CT molecular complexity index is 679. The van der Waals surface area contributed by atoms with Gasteiger partial charge in [0, 0.05) is 22.5 Å². The summed E-state index contributed by atoms with van der Waals surface area (Å²) < 4.78 is 22.8. The summed E-state index contributed by atoms with van der Waals surface area (Å²) in [7, 11) is -3.23. The average molecular weight is 282 g/mol. The average Bonchev–Trinajstić information content (AvgIpc) is 2.29. The van der Waals surface area contributed by atoms with Crippen LogP contribution in [0, 0.1) is 0 Å². The number of hydrogen-bond donors (Lipinski definition) is 1. The van der Waals surface area contributed by atoms with E-state index in [1.165, 1.54) is 6.07 Å². The first-order chi connectivity index (χ1) is 8.38. The monoisotopic (exact) mass is 281 g/mol. The Labute approximate surface area is 111 Å². The van der Waals surface area contributed by atoms with Crippen LogP contribution in [0.4, 0.5) is 5.69 Å². The molecule has 94 valence electrons. The highest BCUT2D eigenvalue weighted by molar-refractivity contribution is 7.90. The van der Waals surface area contributed by atoms with Gasteiger partial charge in [0.25, 0.3) is 0 Å². The van der Waals surface area contributed by atoms with Crippen LogP contribution in [0.1, 0.15) is 0 Å². The predicted octanol–water partition coefficient (Wildman–Crippen LogP) is 2.99. The van der Waals surface area contributed by atoms with Crippen molar-refractivity contribution < 1.29 is 8.42 Å². The first kappa shape index (κ1) is 12.9. The fourth-order valence-corrected chi connectivity index (χ4v) is 2.45. The first-order valence-electron chi connectivity index (χ1n) is 5.23. The van der Waals surface area contributed by atoms with Crippen molar-refractivity contribution in [1.82, 2.24) is 0 Å². The third-order valence-corrected chi connectivity index (χ3v) is 3.97. The van der Waals surface area contributed by atoms with Gasteiger partial charge in [-0.25, -0.2) is 8.42 Å². The highest BCUT2D eigenvalue weighted by Gasteiger charge is 2.10. The Kier molecular flexibility index (Phi) is 3.32. The second-order valence-corrected chi connectivity index (χ2v) is 6.48. The van der Waals surface area contributed by atoms with E-state index in [0.717, 1.165) is 17.4 Å². The maximum atomic E-state index is 11.4. The van der Waals surface area contributed by atoms with Crippen LogP contribution in [-0.2, 0) is 9.84 Å². The molecule has 0 saturated heterocycles. The van der Waals surface area contributed by atoms with Gasteiger partial charge in [-0.05, 0) is 29.8 Å². The van der Waals surface area contributed by atoms with Gasteiger partial charge in [-0.15, -0.1) is 0 Å². The number of nitrogens with two attached hydrogens (primary N) is 1. The van der Waals surface area contributed by atoms with E-state index in [1.54, 1.807) is 24.3 Å². The van der Waals surface area contributed by atoms with Gasteiger partial charge in [-0.3, -0.25) is 0 Å². The molecule has 0 aliphatic carbocycles. The van der Waals surface area contributed by atoms with E-state index in [4.69, 9.17) is 17.3 Å². The molecule has 0 amide bonds. The van der Waals surface area contributed by atoms with Gasteiger partial charge >= 0.3 is 0 Å². The van der Waals surface area contributed by atoms with E-state index in [2.05, 4.69) is 0 Å². The summed E-state index contributed by atoms with van der Waals surface area (Å²) in [6, 6.07) is 11.9. The van der Waals surface area contributed by atoms with E-state index >= 15 is 0 Å². The highest BCUT2D eigenvalue weighted by Crippen LogP contribution is 2.29. The topological polar surface area (TPSA) is 60.2 Å². The third-order valence-electron chi connectivity index (χ3n) is 2.61. The highest BCUT2D eigenvalue weighted by atomic mass is 35.5. The van der Waals surface area contributed by atoms with E-state index in [0.29, 0.717) is 10.7 Å². The van der Waals surface area contributed by atoms with Crippen molar-refractivity contribution in [2.24, 2.45) is 0 Å². The molecule has 2 N–H and O–H groups in total. The Hall–Kier alpha value is -1.52. The van der Waals surface area contributed by atoms with Crippen LogP contribution < -0.4 is 5.73 Å². The maximum Gasteiger partial charge on any atom is 0.175 e. The van der Waals surface area contributed by atoms with E-state index < -0.39 is 9.84 Å². The molecule has 18 heavy (non-hydrogen) atoms. The zero-order chi connectivity index (χ0) is 13.3. The van der Waals surface area contributed by atoms with E-state index in [1.807, 2.05) is 12.1 Å². The van der Waals surface area contributed by atoms with Crippen molar-refractivity contribution in [2.75, 3.05) is 12.0 Å². The number of rotatable bonds is 2.